The fraction of sp³-hybridized carbons (Fsp3) is 0.500. The summed E-state index contributed by atoms with van der Waals surface area (Å²) in [6.45, 7) is 1.01. The molecule has 148 valence electrons. The number of nitrogens with zero attached hydrogens (tertiary/aromatic N) is 2. The van der Waals surface area contributed by atoms with E-state index in [1.165, 1.54) is 11.3 Å². The maximum atomic E-state index is 13.0. The highest BCUT2D eigenvalue weighted by molar-refractivity contribution is 5.96. The van der Waals surface area contributed by atoms with E-state index in [2.05, 4.69) is 10.7 Å². The lowest BCUT2D eigenvalue weighted by molar-refractivity contribution is -0.138. The fourth-order valence-corrected chi connectivity index (χ4v) is 4.62. The number of ether oxygens (including phenoxy) is 2. The standard InChI is InChI=1S/C20H24N4O4/c25-18(21-13-5-6-16-17(11-13)28-10-9-27-16)12-23-7-8-24-19(20(23)26)14-3-1-2-4-15(14)22-24/h5-8,11,14-15,19,22H,1-4,9-10,12H2,(H,21,25). The Bertz CT molecular complexity index is 826. The molecule has 3 aliphatic heterocycles. The van der Waals surface area contributed by atoms with Gasteiger partial charge in [0.1, 0.15) is 25.8 Å². The van der Waals surface area contributed by atoms with Gasteiger partial charge in [-0.05, 0) is 25.0 Å². The molecule has 1 aromatic carbocycles. The predicted molar refractivity (Wildman–Crippen MR) is 101 cm³/mol. The van der Waals surface area contributed by atoms with Crippen molar-refractivity contribution in [3.63, 3.8) is 0 Å². The van der Waals surface area contributed by atoms with Crippen LogP contribution >= 0.6 is 0 Å². The number of hydrazine groups is 1. The van der Waals surface area contributed by atoms with Gasteiger partial charge in [-0.25, -0.2) is 5.43 Å². The van der Waals surface area contributed by atoms with Gasteiger partial charge in [0.25, 0.3) is 5.91 Å². The third-order valence-electron chi connectivity index (χ3n) is 5.92. The van der Waals surface area contributed by atoms with Crippen LogP contribution in [-0.4, -0.2) is 53.6 Å². The molecular weight excluding hydrogens is 360 g/mol. The van der Waals surface area contributed by atoms with E-state index in [1.807, 2.05) is 11.2 Å². The largest absolute Gasteiger partial charge is 0.486 e. The highest BCUT2D eigenvalue weighted by Crippen LogP contribution is 2.36. The second-order valence-electron chi connectivity index (χ2n) is 7.71. The number of benzene rings is 1. The van der Waals surface area contributed by atoms with Crippen molar-refractivity contribution in [3.05, 3.63) is 30.6 Å². The van der Waals surface area contributed by atoms with Crippen molar-refractivity contribution in [3.8, 4) is 11.5 Å². The summed E-state index contributed by atoms with van der Waals surface area (Å²) >= 11 is 0. The van der Waals surface area contributed by atoms with Crippen molar-refractivity contribution in [2.24, 2.45) is 5.92 Å². The Labute approximate surface area is 163 Å². The van der Waals surface area contributed by atoms with E-state index in [0.29, 0.717) is 42.4 Å². The Morgan fingerprint density at radius 1 is 1.14 bits per heavy atom. The van der Waals surface area contributed by atoms with Gasteiger partial charge in [0, 0.05) is 36.1 Å². The van der Waals surface area contributed by atoms with Crippen LogP contribution in [0, 0.1) is 5.92 Å². The minimum absolute atomic E-state index is 0.00843. The quantitative estimate of drug-likeness (QED) is 0.821. The van der Waals surface area contributed by atoms with Gasteiger partial charge in [0.15, 0.2) is 11.5 Å². The minimum atomic E-state index is -0.241. The van der Waals surface area contributed by atoms with Gasteiger partial charge in [0.2, 0.25) is 5.91 Å². The van der Waals surface area contributed by atoms with Crippen molar-refractivity contribution in [2.75, 3.05) is 25.1 Å². The van der Waals surface area contributed by atoms with Crippen LogP contribution < -0.4 is 20.2 Å². The topological polar surface area (TPSA) is 83.1 Å². The molecule has 0 radical (unpaired) electrons. The molecule has 3 heterocycles. The molecule has 0 bridgehead atoms. The van der Waals surface area contributed by atoms with Crippen LogP contribution in [0.25, 0.3) is 0 Å². The van der Waals surface area contributed by atoms with Gasteiger partial charge in [-0.2, -0.15) is 0 Å². The maximum Gasteiger partial charge on any atom is 0.251 e. The first kappa shape index (κ1) is 17.4. The van der Waals surface area contributed by atoms with Gasteiger partial charge in [-0.3, -0.25) is 9.59 Å². The van der Waals surface area contributed by atoms with Gasteiger partial charge >= 0.3 is 0 Å². The average molecular weight is 384 g/mol. The molecule has 5 rings (SSSR count). The van der Waals surface area contributed by atoms with E-state index >= 15 is 0 Å². The van der Waals surface area contributed by atoms with Gasteiger partial charge in [-0.1, -0.05) is 12.8 Å². The van der Waals surface area contributed by atoms with Crippen molar-refractivity contribution >= 4 is 17.5 Å². The molecule has 1 aliphatic carbocycles. The number of carbonyl (C=O) groups is 2. The third kappa shape index (κ3) is 3.07. The fourth-order valence-electron chi connectivity index (χ4n) is 4.62. The van der Waals surface area contributed by atoms with Crippen LogP contribution in [0.5, 0.6) is 11.5 Å². The number of rotatable bonds is 3. The highest BCUT2D eigenvalue weighted by atomic mass is 16.6. The summed E-state index contributed by atoms with van der Waals surface area (Å²) < 4.78 is 11.0. The number of anilines is 1. The SMILES string of the molecule is O=C(CN1C=CN2NC3CCCCC3C2C1=O)Nc1ccc2c(c1)OCCO2. The second kappa shape index (κ2) is 7.01. The lowest BCUT2D eigenvalue weighted by Crippen LogP contribution is -2.51. The lowest BCUT2D eigenvalue weighted by Gasteiger charge is -2.34. The molecule has 1 aromatic rings. The summed E-state index contributed by atoms with van der Waals surface area (Å²) in [7, 11) is 0. The summed E-state index contributed by atoms with van der Waals surface area (Å²) in [6.07, 6.45) is 8.08. The normalized spacial score (nSPS) is 28.0. The monoisotopic (exact) mass is 384 g/mol. The van der Waals surface area contributed by atoms with E-state index in [9.17, 15) is 9.59 Å². The van der Waals surface area contributed by atoms with Crippen LogP contribution in [0.4, 0.5) is 5.69 Å². The Morgan fingerprint density at radius 2 is 1.96 bits per heavy atom. The van der Waals surface area contributed by atoms with Gasteiger partial charge < -0.3 is 24.7 Å². The molecule has 3 unspecified atom stereocenters. The van der Waals surface area contributed by atoms with E-state index in [-0.39, 0.29) is 24.4 Å². The molecule has 1 saturated carbocycles. The number of amides is 2. The first-order valence-electron chi connectivity index (χ1n) is 9.92. The molecule has 2 amide bonds. The van der Waals surface area contributed by atoms with Crippen LogP contribution in [0.15, 0.2) is 30.6 Å². The molecule has 8 heteroatoms. The van der Waals surface area contributed by atoms with Crippen molar-refractivity contribution in [2.45, 2.75) is 37.8 Å². The molecule has 2 N–H and O–H groups in total. The minimum Gasteiger partial charge on any atom is -0.486 e. The molecular formula is C20H24N4O4. The molecule has 2 fully saturated rings. The zero-order valence-corrected chi connectivity index (χ0v) is 15.6. The first-order valence-corrected chi connectivity index (χ1v) is 9.92. The third-order valence-corrected chi connectivity index (χ3v) is 5.92. The molecule has 0 spiro atoms. The maximum absolute atomic E-state index is 13.0. The Hall–Kier alpha value is -2.74. The van der Waals surface area contributed by atoms with E-state index in [1.54, 1.807) is 24.4 Å². The summed E-state index contributed by atoms with van der Waals surface area (Å²) in [5.41, 5.74) is 4.06. The predicted octanol–water partition coefficient (Wildman–Crippen LogP) is 1.46. The molecule has 1 saturated heterocycles. The smallest absolute Gasteiger partial charge is 0.251 e. The van der Waals surface area contributed by atoms with Crippen LogP contribution in [0.1, 0.15) is 25.7 Å². The summed E-state index contributed by atoms with van der Waals surface area (Å²) in [5, 5.41) is 4.77. The summed E-state index contributed by atoms with van der Waals surface area (Å²) in [5.74, 6) is 1.36. The summed E-state index contributed by atoms with van der Waals surface area (Å²) in [6, 6.07) is 5.45. The van der Waals surface area contributed by atoms with Gasteiger partial charge in [0.05, 0.1) is 0 Å². The first-order chi connectivity index (χ1) is 13.7. The molecule has 3 atom stereocenters. The average Bonchev–Trinajstić information content (AvgIpc) is 3.09. The van der Waals surface area contributed by atoms with E-state index < -0.39 is 0 Å². The van der Waals surface area contributed by atoms with Crippen LogP contribution in [0.3, 0.4) is 0 Å². The zero-order valence-electron chi connectivity index (χ0n) is 15.6. The second-order valence-corrected chi connectivity index (χ2v) is 7.71. The molecule has 0 aromatic heterocycles. The van der Waals surface area contributed by atoms with Crippen molar-refractivity contribution < 1.29 is 19.1 Å². The number of hydrogen-bond acceptors (Lipinski definition) is 6. The number of nitrogens with one attached hydrogen (secondary N) is 2. The molecule has 8 nitrogen and oxygen atoms in total. The highest BCUT2D eigenvalue weighted by Gasteiger charge is 2.48. The van der Waals surface area contributed by atoms with Crippen molar-refractivity contribution in [1.82, 2.24) is 15.3 Å². The molecule has 28 heavy (non-hydrogen) atoms. The number of fused-ring (bicyclic) bond motifs is 4. The number of hydrogen-bond donors (Lipinski definition) is 2. The number of carbonyl (C=O) groups excluding carboxylic acids is 2. The van der Waals surface area contributed by atoms with Crippen molar-refractivity contribution in [1.29, 1.82) is 0 Å². The summed E-state index contributed by atoms with van der Waals surface area (Å²) in [4.78, 5) is 27.1. The van der Waals surface area contributed by atoms with Crippen LogP contribution in [-0.2, 0) is 9.59 Å². The Balaban J connectivity index is 1.24. The Kier molecular flexibility index (Phi) is 4.35. The van der Waals surface area contributed by atoms with E-state index in [0.717, 1.165) is 19.3 Å². The lowest BCUT2D eigenvalue weighted by atomic mass is 9.81. The van der Waals surface area contributed by atoms with E-state index in [4.69, 9.17) is 9.47 Å². The Morgan fingerprint density at radius 3 is 2.86 bits per heavy atom. The zero-order chi connectivity index (χ0) is 19.1. The van der Waals surface area contributed by atoms with Gasteiger partial charge in [-0.15, -0.1) is 0 Å². The van der Waals surface area contributed by atoms with Crippen LogP contribution in [0.2, 0.25) is 0 Å². The molecule has 4 aliphatic rings.